The molecule has 0 saturated carbocycles. The first-order valence-electron chi connectivity index (χ1n) is 8.25. The third kappa shape index (κ3) is 4.28. The molecule has 1 fully saturated rings. The van der Waals surface area contributed by atoms with Gasteiger partial charge in [-0.3, -0.25) is 15.5 Å². The van der Waals surface area contributed by atoms with E-state index in [4.69, 9.17) is 0 Å². The molecule has 0 radical (unpaired) electrons. The Balaban J connectivity index is 1.72. The van der Waals surface area contributed by atoms with Crippen LogP contribution in [0.3, 0.4) is 0 Å². The second kappa shape index (κ2) is 7.69. The maximum absolute atomic E-state index is 10.9. The highest BCUT2D eigenvalue weighted by molar-refractivity contribution is 5.99. The first kappa shape index (κ1) is 16.8. The highest BCUT2D eigenvalue weighted by Gasteiger charge is 2.12. The molecule has 2 aromatic rings. The molecule has 8 heteroatoms. The zero-order valence-corrected chi connectivity index (χ0v) is 14.1. The second-order valence-corrected chi connectivity index (χ2v) is 5.93. The Labute approximate surface area is 145 Å². The summed E-state index contributed by atoms with van der Waals surface area (Å²) in [7, 11) is 0. The normalized spacial score (nSPS) is 15.1. The first-order valence-corrected chi connectivity index (χ1v) is 8.25. The molecule has 0 bridgehead atoms. The number of nitrogens with one attached hydrogen (secondary N) is 1. The topological polar surface area (TPSA) is 96.6 Å². The molecular formula is C17H20N6O2. The molecule has 1 saturated heterocycles. The quantitative estimate of drug-likeness (QED) is 0.510. The number of aromatic nitrogens is 2. The van der Waals surface area contributed by atoms with E-state index in [1.807, 2.05) is 6.07 Å². The van der Waals surface area contributed by atoms with Crippen molar-refractivity contribution in [3.8, 4) is 0 Å². The second-order valence-electron chi connectivity index (χ2n) is 5.93. The average Bonchev–Trinajstić information content (AvgIpc) is 2.67. The van der Waals surface area contributed by atoms with Gasteiger partial charge in [0.15, 0.2) is 5.82 Å². The van der Waals surface area contributed by atoms with Crippen LogP contribution in [0.2, 0.25) is 0 Å². The fourth-order valence-electron chi connectivity index (χ4n) is 2.75. The maximum atomic E-state index is 10.9. The van der Waals surface area contributed by atoms with Crippen molar-refractivity contribution >= 4 is 23.0 Å². The molecule has 2 heterocycles. The summed E-state index contributed by atoms with van der Waals surface area (Å²) in [5.74, 6) is 1.49. The molecule has 1 aliphatic rings. The van der Waals surface area contributed by atoms with E-state index in [1.165, 1.54) is 37.7 Å². The lowest BCUT2D eigenvalue weighted by atomic mass is 10.1. The van der Waals surface area contributed by atoms with Crippen LogP contribution >= 0.6 is 0 Å². The molecule has 3 rings (SSSR count). The Bertz CT molecular complexity index is 786. The lowest BCUT2D eigenvalue weighted by Gasteiger charge is -2.27. The number of nitro benzene ring substituents is 1. The third-order valence-corrected chi connectivity index (χ3v) is 4.15. The van der Waals surface area contributed by atoms with Gasteiger partial charge < -0.3 is 4.90 Å². The molecule has 0 atom stereocenters. The molecule has 0 amide bonds. The monoisotopic (exact) mass is 340 g/mol. The molecule has 0 unspecified atom stereocenters. The van der Waals surface area contributed by atoms with Gasteiger partial charge in [-0.05, 0) is 26.2 Å². The first-order chi connectivity index (χ1) is 12.1. The minimum atomic E-state index is -0.417. The van der Waals surface area contributed by atoms with Gasteiger partial charge in [0, 0.05) is 36.9 Å². The number of nitro groups is 1. The van der Waals surface area contributed by atoms with Crippen molar-refractivity contribution in [1.82, 2.24) is 9.97 Å². The molecule has 0 aliphatic carbocycles. The van der Waals surface area contributed by atoms with Gasteiger partial charge in [0.1, 0.15) is 12.1 Å². The van der Waals surface area contributed by atoms with Crippen LogP contribution in [0.15, 0.2) is 41.8 Å². The molecule has 25 heavy (non-hydrogen) atoms. The SMILES string of the molecule is C/C(=N\Nc1cc(N2CCCCC2)ncn1)c1cccc([N+](=O)[O-])c1. The van der Waals surface area contributed by atoms with Crippen molar-refractivity contribution in [2.75, 3.05) is 23.4 Å². The standard InChI is InChI=1S/C17H20N6O2/c1-13(14-6-5-7-15(10-14)23(24)25)20-21-16-11-17(19-12-18-16)22-8-3-2-4-9-22/h5-7,10-12H,2-4,8-9H2,1H3,(H,18,19,21)/b20-13+. The smallest absolute Gasteiger partial charge is 0.270 e. The van der Waals surface area contributed by atoms with Crippen LogP contribution in [0.4, 0.5) is 17.3 Å². The molecule has 1 aromatic heterocycles. The Kier molecular flexibility index (Phi) is 5.17. The predicted octanol–water partition coefficient (Wildman–Crippen LogP) is 3.21. The van der Waals surface area contributed by atoms with E-state index in [2.05, 4.69) is 25.4 Å². The average molecular weight is 340 g/mol. The van der Waals surface area contributed by atoms with Crippen LogP contribution in [0.25, 0.3) is 0 Å². The van der Waals surface area contributed by atoms with Gasteiger partial charge in [0.2, 0.25) is 0 Å². The fraction of sp³-hybridized carbons (Fsp3) is 0.353. The Morgan fingerprint density at radius 1 is 1.24 bits per heavy atom. The van der Waals surface area contributed by atoms with Gasteiger partial charge in [0.25, 0.3) is 5.69 Å². The van der Waals surface area contributed by atoms with Crippen molar-refractivity contribution < 1.29 is 4.92 Å². The van der Waals surface area contributed by atoms with Crippen LogP contribution in [0.5, 0.6) is 0 Å². The summed E-state index contributed by atoms with van der Waals surface area (Å²) in [5, 5.41) is 15.2. The van der Waals surface area contributed by atoms with Gasteiger partial charge in [-0.2, -0.15) is 5.10 Å². The molecule has 1 aromatic carbocycles. The number of piperidine rings is 1. The van der Waals surface area contributed by atoms with Gasteiger partial charge in [-0.1, -0.05) is 12.1 Å². The number of non-ortho nitro benzene ring substituents is 1. The summed E-state index contributed by atoms with van der Waals surface area (Å²) in [6, 6.07) is 8.26. The molecule has 0 spiro atoms. The Hall–Kier alpha value is -3.03. The van der Waals surface area contributed by atoms with Crippen molar-refractivity contribution in [3.05, 3.63) is 52.3 Å². The van der Waals surface area contributed by atoms with Crippen molar-refractivity contribution in [3.63, 3.8) is 0 Å². The fourth-order valence-corrected chi connectivity index (χ4v) is 2.75. The molecule has 1 N–H and O–H groups in total. The largest absolute Gasteiger partial charge is 0.356 e. The number of nitrogens with zero attached hydrogens (tertiary/aromatic N) is 5. The highest BCUT2D eigenvalue weighted by Crippen LogP contribution is 2.19. The van der Waals surface area contributed by atoms with Crippen LogP contribution < -0.4 is 10.3 Å². The van der Waals surface area contributed by atoms with Crippen LogP contribution in [0.1, 0.15) is 31.7 Å². The molecule has 130 valence electrons. The van der Waals surface area contributed by atoms with Crippen molar-refractivity contribution in [2.24, 2.45) is 5.10 Å². The van der Waals surface area contributed by atoms with E-state index in [0.29, 0.717) is 17.1 Å². The third-order valence-electron chi connectivity index (χ3n) is 4.15. The zero-order valence-electron chi connectivity index (χ0n) is 14.1. The van der Waals surface area contributed by atoms with Gasteiger partial charge >= 0.3 is 0 Å². The number of hydrogen-bond acceptors (Lipinski definition) is 7. The Morgan fingerprint density at radius 3 is 2.80 bits per heavy atom. The maximum Gasteiger partial charge on any atom is 0.270 e. The summed E-state index contributed by atoms with van der Waals surface area (Å²) in [6.07, 6.45) is 5.14. The minimum absolute atomic E-state index is 0.0430. The van der Waals surface area contributed by atoms with E-state index in [9.17, 15) is 10.1 Å². The highest BCUT2D eigenvalue weighted by atomic mass is 16.6. The number of rotatable bonds is 5. The molecule has 8 nitrogen and oxygen atoms in total. The van der Waals surface area contributed by atoms with Gasteiger partial charge in [-0.25, -0.2) is 9.97 Å². The summed E-state index contributed by atoms with van der Waals surface area (Å²) >= 11 is 0. The lowest BCUT2D eigenvalue weighted by Crippen LogP contribution is -2.30. The molecule has 1 aliphatic heterocycles. The van der Waals surface area contributed by atoms with Crippen LogP contribution in [-0.2, 0) is 0 Å². The minimum Gasteiger partial charge on any atom is -0.356 e. The van der Waals surface area contributed by atoms with E-state index in [0.717, 1.165) is 18.9 Å². The summed E-state index contributed by atoms with van der Waals surface area (Å²) < 4.78 is 0. The van der Waals surface area contributed by atoms with E-state index < -0.39 is 4.92 Å². The molecular weight excluding hydrogens is 320 g/mol. The summed E-state index contributed by atoms with van der Waals surface area (Å²) in [5.41, 5.74) is 4.28. The van der Waals surface area contributed by atoms with Gasteiger partial charge in [0.05, 0.1) is 10.6 Å². The van der Waals surface area contributed by atoms with Crippen LogP contribution in [0, 0.1) is 10.1 Å². The number of benzene rings is 1. The zero-order chi connectivity index (χ0) is 17.6. The van der Waals surface area contributed by atoms with E-state index in [1.54, 1.807) is 19.1 Å². The summed E-state index contributed by atoms with van der Waals surface area (Å²) in [4.78, 5) is 21.2. The van der Waals surface area contributed by atoms with Crippen LogP contribution in [-0.4, -0.2) is 33.7 Å². The van der Waals surface area contributed by atoms with E-state index >= 15 is 0 Å². The number of anilines is 2. The van der Waals surface area contributed by atoms with Crippen molar-refractivity contribution in [2.45, 2.75) is 26.2 Å². The van der Waals surface area contributed by atoms with E-state index in [-0.39, 0.29) is 5.69 Å². The number of hydrazone groups is 1. The van der Waals surface area contributed by atoms with Crippen molar-refractivity contribution in [1.29, 1.82) is 0 Å². The van der Waals surface area contributed by atoms with Gasteiger partial charge in [-0.15, -0.1) is 0 Å². The lowest BCUT2D eigenvalue weighted by molar-refractivity contribution is -0.384. The Morgan fingerprint density at radius 2 is 2.04 bits per heavy atom. The predicted molar refractivity (Wildman–Crippen MR) is 97.0 cm³/mol. The summed E-state index contributed by atoms with van der Waals surface area (Å²) in [6.45, 7) is 3.80. The number of hydrogen-bond donors (Lipinski definition) is 1.